The smallest absolute Gasteiger partial charge is 0.262 e. The summed E-state index contributed by atoms with van der Waals surface area (Å²) in [5.41, 5.74) is 1.85. The van der Waals surface area contributed by atoms with Gasteiger partial charge in [-0.05, 0) is 43.2 Å². The van der Waals surface area contributed by atoms with Gasteiger partial charge in [0.25, 0.3) is 11.8 Å². The Hall–Kier alpha value is -3.00. The highest BCUT2D eigenvalue weighted by Gasteiger charge is 2.42. The number of hydrogen-bond donors (Lipinski definition) is 1. The topological polar surface area (TPSA) is 101 Å². The SMILES string of the molecule is Cc1cccc(NC(=O)[C@@H](CCS(C)(=O)=O)N2C(=O)c3ccccc3C2=O)c1. The van der Waals surface area contributed by atoms with Crippen LogP contribution in [0.25, 0.3) is 0 Å². The third-order valence-electron chi connectivity index (χ3n) is 4.49. The third kappa shape index (κ3) is 4.12. The molecule has 0 bridgehead atoms. The number of nitrogens with zero attached hydrogens (tertiary/aromatic N) is 1. The summed E-state index contributed by atoms with van der Waals surface area (Å²) in [7, 11) is -3.39. The quantitative estimate of drug-likeness (QED) is 0.748. The van der Waals surface area contributed by atoms with E-state index in [1.54, 1.807) is 30.3 Å². The summed E-state index contributed by atoms with van der Waals surface area (Å²) in [5, 5.41) is 2.68. The van der Waals surface area contributed by atoms with E-state index < -0.39 is 33.6 Å². The largest absolute Gasteiger partial charge is 0.324 e. The molecule has 7 nitrogen and oxygen atoms in total. The fourth-order valence-electron chi connectivity index (χ4n) is 3.14. The Morgan fingerprint density at radius 1 is 1.04 bits per heavy atom. The average molecular weight is 400 g/mol. The zero-order chi connectivity index (χ0) is 20.5. The molecule has 0 radical (unpaired) electrons. The Balaban J connectivity index is 1.92. The van der Waals surface area contributed by atoms with Gasteiger partial charge in [-0.2, -0.15) is 0 Å². The van der Waals surface area contributed by atoms with Gasteiger partial charge in [-0.3, -0.25) is 19.3 Å². The highest BCUT2D eigenvalue weighted by Crippen LogP contribution is 2.26. The summed E-state index contributed by atoms with van der Waals surface area (Å²) in [6.45, 7) is 1.86. The molecule has 1 aliphatic rings. The number of fused-ring (bicyclic) bond motifs is 1. The molecule has 0 fully saturated rings. The summed E-state index contributed by atoms with van der Waals surface area (Å²) in [6.07, 6.45) is 0.868. The van der Waals surface area contributed by atoms with E-state index in [1.165, 1.54) is 12.1 Å². The molecule has 2 aromatic rings. The highest BCUT2D eigenvalue weighted by molar-refractivity contribution is 7.90. The lowest BCUT2D eigenvalue weighted by atomic mass is 10.1. The van der Waals surface area contributed by atoms with E-state index in [1.807, 2.05) is 13.0 Å². The fourth-order valence-corrected chi connectivity index (χ4v) is 3.79. The number of hydrogen-bond acceptors (Lipinski definition) is 5. The first-order valence-electron chi connectivity index (χ1n) is 8.69. The first-order chi connectivity index (χ1) is 13.2. The maximum atomic E-state index is 12.9. The average Bonchev–Trinajstić information content (AvgIpc) is 2.86. The molecule has 1 N–H and O–H groups in total. The second-order valence-electron chi connectivity index (χ2n) is 6.82. The molecule has 1 heterocycles. The van der Waals surface area contributed by atoms with Crippen molar-refractivity contribution in [2.24, 2.45) is 0 Å². The third-order valence-corrected chi connectivity index (χ3v) is 5.46. The first kappa shape index (κ1) is 19.8. The van der Waals surface area contributed by atoms with Gasteiger partial charge >= 0.3 is 0 Å². The number of carbonyl (C=O) groups excluding carboxylic acids is 3. The van der Waals surface area contributed by atoms with Gasteiger partial charge < -0.3 is 5.32 Å². The number of aryl methyl sites for hydroxylation is 1. The van der Waals surface area contributed by atoms with E-state index in [0.717, 1.165) is 16.7 Å². The molecule has 0 aromatic heterocycles. The number of benzene rings is 2. The lowest BCUT2D eigenvalue weighted by Crippen LogP contribution is -2.48. The molecule has 0 saturated heterocycles. The second kappa shape index (κ2) is 7.55. The van der Waals surface area contributed by atoms with Crippen LogP contribution in [0.1, 0.15) is 32.7 Å². The Kier molecular flexibility index (Phi) is 5.33. The summed E-state index contributed by atoms with van der Waals surface area (Å²) in [4.78, 5) is 39.3. The number of imide groups is 1. The Labute approximate surface area is 163 Å². The number of rotatable bonds is 6. The van der Waals surface area contributed by atoms with Crippen LogP contribution in [0, 0.1) is 6.92 Å². The van der Waals surface area contributed by atoms with E-state index in [0.29, 0.717) is 5.69 Å². The van der Waals surface area contributed by atoms with Crippen molar-refractivity contribution in [1.29, 1.82) is 0 Å². The summed E-state index contributed by atoms with van der Waals surface area (Å²) in [6, 6.07) is 12.1. The van der Waals surface area contributed by atoms with Crippen molar-refractivity contribution < 1.29 is 22.8 Å². The Bertz CT molecular complexity index is 1030. The maximum absolute atomic E-state index is 12.9. The van der Waals surface area contributed by atoms with Gasteiger partial charge in [-0.25, -0.2) is 8.42 Å². The molecule has 1 atom stereocenters. The standard InChI is InChI=1S/C20H20N2O5S/c1-13-6-5-7-14(12-13)21-18(23)17(10-11-28(2,26)27)22-19(24)15-8-3-4-9-16(15)20(22)25/h3-9,12,17H,10-11H2,1-2H3,(H,21,23)/t17-/m1/s1. The predicted molar refractivity (Wildman–Crippen MR) is 105 cm³/mol. The Morgan fingerprint density at radius 2 is 1.64 bits per heavy atom. The molecule has 0 saturated carbocycles. The molecular formula is C20H20N2O5S. The number of amides is 3. The maximum Gasteiger partial charge on any atom is 0.262 e. The number of sulfone groups is 1. The lowest BCUT2D eigenvalue weighted by Gasteiger charge is -2.25. The molecule has 3 amide bonds. The fraction of sp³-hybridized carbons (Fsp3) is 0.250. The van der Waals surface area contributed by atoms with Crippen molar-refractivity contribution in [3.63, 3.8) is 0 Å². The highest BCUT2D eigenvalue weighted by atomic mass is 32.2. The van der Waals surface area contributed by atoms with E-state index in [4.69, 9.17) is 0 Å². The van der Waals surface area contributed by atoms with Crippen molar-refractivity contribution >= 4 is 33.2 Å². The minimum absolute atomic E-state index is 0.179. The molecule has 1 aliphatic heterocycles. The molecule has 0 spiro atoms. The van der Waals surface area contributed by atoms with Crippen LogP contribution in [0.4, 0.5) is 5.69 Å². The van der Waals surface area contributed by atoms with Gasteiger partial charge in [0.1, 0.15) is 15.9 Å². The van der Waals surface area contributed by atoms with Crippen LogP contribution in [0.5, 0.6) is 0 Å². The van der Waals surface area contributed by atoms with Gasteiger partial charge in [-0.15, -0.1) is 0 Å². The molecule has 146 valence electrons. The van der Waals surface area contributed by atoms with Crippen molar-refractivity contribution in [1.82, 2.24) is 4.90 Å². The zero-order valence-electron chi connectivity index (χ0n) is 15.5. The van der Waals surface area contributed by atoms with Crippen molar-refractivity contribution in [2.45, 2.75) is 19.4 Å². The van der Waals surface area contributed by atoms with E-state index in [2.05, 4.69) is 5.32 Å². The first-order valence-corrected chi connectivity index (χ1v) is 10.8. The van der Waals surface area contributed by atoms with Gasteiger partial charge in [0.2, 0.25) is 5.91 Å². The molecule has 28 heavy (non-hydrogen) atoms. The van der Waals surface area contributed by atoms with Gasteiger partial charge in [0, 0.05) is 11.9 Å². The Morgan fingerprint density at radius 3 is 2.18 bits per heavy atom. The number of anilines is 1. The monoisotopic (exact) mass is 400 g/mol. The van der Waals surface area contributed by atoms with Crippen LogP contribution in [0.15, 0.2) is 48.5 Å². The van der Waals surface area contributed by atoms with E-state index in [9.17, 15) is 22.8 Å². The number of nitrogens with one attached hydrogen (secondary N) is 1. The van der Waals surface area contributed by atoms with Gasteiger partial charge in [0.05, 0.1) is 16.9 Å². The van der Waals surface area contributed by atoms with Crippen LogP contribution in [-0.2, 0) is 14.6 Å². The van der Waals surface area contributed by atoms with Gasteiger partial charge in [0.15, 0.2) is 0 Å². The molecule has 3 rings (SSSR count). The molecule has 2 aromatic carbocycles. The van der Waals surface area contributed by atoms with E-state index in [-0.39, 0.29) is 23.3 Å². The minimum atomic E-state index is -3.39. The van der Waals surface area contributed by atoms with Crippen molar-refractivity contribution in [3.8, 4) is 0 Å². The van der Waals surface area contributed by atoms with Gasteiger partial charge in [-0.1, -0.05) is 24.3 Å². The molecule has 0 unspecified atom stereocenters. The summed E-state index contributed by atoms with van der Waals surface area (Å²) >= 11 is 0. The minimum Gasteiger partial charge on any atom is -0.324 e. The molecule has 8 heteroatoms. The summed E-state index contributed by atoms with van der Waals surface area (Å²) < 4.78 is 23.3. The number of carbonyl (C=O) groups is 3. The van der Waals surface area contributed by atoms with Crippen LogP contribution < -0.4 is 5.32 Å². The predicted octanol–water partition coefficient (Wildman–Crippen LogP) is 2.03. The van der Waals surface area contributed by atoms with Crippen LogP contribution >= 0.6 is 0 Å². The van der Waals surface area contributed by atoms with Crippen molar-refractivity contribution in [2.75, 3.05) is 17.3 Å². The van der Waals surface area contributed by atoms with Crippen molar-refractivity contribution in [3.05, 3.63) is 65.2 Å². The normalized spacial score (nSPS) is 14.7. The van der Waals surface area contributed by atoms with Crippen LogP contribution in [0.3, 0.4) is 0 Å². The van der Waals surface area contributed by atoms with E-state index >= 15 is 0 Å². The van der Waals surface area contributed by atoms with Crippen LogP contribution in [-0.4, -0.2) is 49.1 Å². The van der Waals surface area contributed by atoms with Crippen LogP contribution in [0.2, 0.25) is 0 Å². The second-order valence-corrected chi connectivity index (χ2v) is 9.08. The lowest BCUT2D eigenvalue weighted by molar-refractivity contribution is -0.120. The summed E-state index contributed by atoms with van der Waals surface area (Å²) in [5.74, 6) is -2.13. The molecular weight excluding hydrogens is 380 g/mol. The molecule has 0 aliphatic carbocycles. The zero-order valence-corrected chi connectivity index (χ0v) is 16.3.